The second kappa shape index (κ2) is 10.4. The Labute approximate surface area is 192 Å². The van der Waals surface area contributed by atoms with Gasteiger partial charge in [0.25, 0.3) is 0 Å². The first-order chi connectivity index (χ1) is 13.8. The topological polar surface area (TPSA) is 65.1 Å². The van der Waals surface area contributed by atoms with E-state index in [4.69, 9.17) is 22.2 Å². The van der Waals surface area contributed by atoms with Gasteiger partial charge < -0.3 is 20.9 Å². The second-order valence-electron chi connectivity index (χ2n) is 8.81. The van der Waals surface area contributed by atoms with Gasteiger partial charge in [0.2, 0.25) is 5.95 Å². The van der Waals surface area contributed by atoms with E-state index in [9.17, 15) is 0 Å². The maximum Gasteiger partial charge on any atom is 0.225 e. The molecule has 1 aliphatic carbocycles. The van der Waals surface area contributed by atoms with E-state index in [0.717, 1.165) is 53.9 Å². The molecule has 1 heterocycles. The van der Waals surface area contributed by atoms with Crippen LogP contribution < -0.4 is 20.9 Å². The van der Waals surface area contributed by atoms with Crippen molar-refractivity contribution in [1.29, 1.82) is 0 Å². The minimum Gasteiger partial charge on any atom is -0.362 e. The van der Waals surface area contributed by atoms with Crippen LogP contribution in [0.15, 0.2) is 24.3 Å². The van der Waals surface area contributed by atoms with Crippen LogP contribution in [0, 0.1) is 0 Å². The van der Waals surface area contributed by atoms with Crippen LogP contribution >= 0.6 is 24.6 Å². The summed E-state index contributed by atoms with van der Waals surface area (Å²) in [6.45, 7) is 6.52. The SMILES string of the molecule is CCC(C)(C)NC(=S)N[C@H]1CC[C@@H](Nc2nc(N(C)C)c3ccccc3n2)CC1.Cl. The number of rotatable bonds is 6. The number of hydrogen-bond acceptors (Lipinski definition) is 5. The molecule has 1 saturated carbocycles. The van der Waals surface area contributed by atoms with Crippen molar-refractivity contribution in [2.45, 2.75) is 70.5 Å². The standard InChI is InChI=1S/C22H34N6S.ClH/c1-6-22(2,3)27-21(29)24-16-13-11-15(12-14-16)23-20-25-18-10-8-7-9-17(18)19(26-20)28(4)5;/h7-10,15-16H,6,11-14H2,1-5H3,(H,23,25,26)(H2,24,27,29);1H/t15-,16+;. The van der Waals surface area contributed by atoms with Crippen LogP contribution in [0.4, 0.5) is 11.8 Å². The summed E-state index contributed by atoms with van der Waals surface area (Å²) in [7, 11) is 4.04. The van der Waals surface area contributed by atoms with Crippen molar-refractivity contribution >= 4 is 52.4 Å². The van der Waals surface area contributed by atoms with Crippen molar-refractivity contribution in [3.63, 3.8) is 0 Å². The summed E-state index contributed by atoms with van der Waals surface area (Å²) in [6.07, 6.45) is 5.35. The van der Waals surface area contributed by atoms with E-state index in [0.29, 0.717) is 18.0 Å². The van der Waals surface area contributed by atoms with E-state index < -0.39 is 0 Å². The van der Waals surface area contributed by atoms with Crippen LogP contribution in [-0.4, -0.2) is 46.8 Å². The average Bonchev–Trinajstić information content (AvgIpc) is 2.68. The Bertz CT molecular complexity index is 849. The van der Waals surface area contributed by atoms with E-state index >= 15 is 0 Å². The molecule has 0 atom stereocenters. The summed E-state index contributed by atoms with van der Waals surface area (Å²) < 4.78 is 0. The summed E-state index contributed by atoms with van der Waals surface area (Å²) in [4.78, 5) is 11.5. The molecule has 30 heavy (non-hydrogen) atoms. The number of thiocarbonyl (C=S) groups is 1. The fourth-order valence-electron chi connectivity index (χ4n) is 3.65. The zero-order valence-electron chi connectivity index (χ0n) is 18.7. The molecule has 3 N–H and O–H groups in total. The molecule has 1 aliphatic rings. The molecule has 0 amide bonds. The van der Waals surface area contributed by atoms with Crippen LogP contribution in [0.1, 0.15) is 52.9 Å². The lowest BCUT2D eigenvalue weighted by Gasteiger charge is -2.33. The van der Waals surface area contributed by atoms with Gasteiger partial charge in [-0.1, -0.05) is 19.1 Å². The van der Waals surface area contributed by atoms with Crippen LogP contribution in [-0.2, 0) is 0 Å². The first-order valence-corrected chi connectivity index (χ1v) is 11.0. The van der Waals surface area contributed by atoms with Crippen LogP contribution in [0.5, 0.6) is 0 Å². The molecule has 3 rings (SSSR count). The third-order valence-corrected chi connectivity index (χ3v) is 5.96. The molecule has 0 spiro atoms. The third-order valence-electron chi connectivity index (χ3n) is 5.74. The lowest BCUT2D eigenvalue weighted by molar-refractivity contribution is 0.377. The minimum atomic E-state index is 0. The highest BCUT2D eigenvalue weighted by Gasteiger charge is 2.24. The molecular formula is C22H35ClN6S. The van der Waals surface area contributed by atoms with Gasteiger partial charge in [0, 0.05) is 37.1 Å². The van der Waals surface area contributed by atoms with Crippen LogP contribution in [0.3, 0.4) is 0 Å². The van der Waals surface area contributed by atoms with Crippen molar-refractivity contribution < 1.29 is 0 Å². The molecule has 2 aromatic rings. The van der Waals surface area contributed by atoms with Gasteiger partial charge in [-0.2, -0.15) is 4.98 Å². The van der Waals surface area contributed by atoms with Crippen LogP contribution in [0.25, 0.3) is 10.9 Å². The molecule has 0 aliphatic heterocycles. The molecule has 1 aromatic carbocycles. The Morgan fingerprint density at radius 3 is 2.37 bits per heavy atom. The van der Waals surface area contributed by atoms with Gasteiger partial charge in [-0.25, -0.2) is 4.98 Å². The first-order valence-electron chi connectivity index (χ1n) is 10.6. The average molecular weight is 451 g/mol. The lowest BCUT2D eigenvalue weighted by Crippen LogP contribution is -2.51. The Morgan fingerprint density at radius 2 is 1.73 bits per heavy atom. The Kier molecular flexibility index (Phi) is 8.50. The molecule has 166 valence electrons. The number of nitrogens with zero attached hydrogens (tertiary/aromatic N) is 3. The van der Waals surface area contributed by atoms with Gasteiger partial charge in [0.15, 0.2) is 5.11 Å². The first kappa shape index (κ1) is 24.4. The van der Waals surface area contributed by atoms with E-state index in [-0.39, 0.29) is 17.9 Å². The van der Waals surface area contributed by atoms with Crippen molar-refractivity contribution in [2.75, 3.05) is 24.3 Å². The predicted molar refractivity (Wildman–Crippen MR) is 134 cm³/mol. The van der Waals surface area contributed by atoms with E-state index in [2.05, 4.69) is 42.8 Å². The zero-order valence-corrected chi connectivity index (χ0v) is 20.3. The Balaban J connectivity index is 0.00000320. The third kappa shape index (κ3) is 6.32. The van der Waals surface area contributed by atoms with Gasteiger partial charge >= 0.3 is 0 Å². The Hall–Kier alpha value is -1.86. The van der Waals surface area contributed by atoms with Crippen molar-refractivity contribution in [1.82, 2.24) is 20.6 Å². The fourth-order valence-corrected chi connectivity index (χ4v) is 4.09. The van der Waals surface area contributed by atoms with Crippen molar-refractivity contribution in [3.05, 3.63) is 24.3 Å². The highest BCUT2D eigenvalue weighted by Crippen LogP contribution is 2.26. The number of aromatic nitrogens is 2. The number of hydrogen-bond donors (Lipinski definition) is 3. The zero-order chi connectivity index (χ0) is 21.0. The number of halogens is 1. The fraction of sp³-hybridized carbons (Fsp3) is 0.591. The highest BCUT2D eigenvalue weighted by molar-refractivity contribution is 7.80. The quantitative estimate of drug-likeness (QED) is 0.560. The molecule has 0 saturated heterocycles. The van der Waals surface area contributed by atoms with E-state index in [1.54, 1.807) is 0 Å². The summed E-state index contributed by atoms with van der Waals surface area (Å²) in [6, 6.07) is 8.98. The van der Waals surface area contributed by atoms with E-state index in [1.807, 2.05) is 37.2 Å². The highest BCUT2D eigenvalue weighted by atomic mass is 35.5. The molecule has 0 unspecified atom stereocenters. The smallest absolute Gasteiger partial charge is 0.225 e. The van der Waals surface area contributed by atoms with Crippen molar-refractivity contribution in [3.8, 4) is 0 Å². The normalized spacial score (nSPS) is 19.0. The minimum absolute atomic E-state index is 0. The van der Waals surface area contributed by atoms with Gasteiger partial charge in [-0.3, -0.25) is 0 Å². The second-order valence-corrected chi connectivity index (χ2v) is 9.22. The summed E-state index contributed by atoms with van der Waals surface area (Å²) in [5.41, 5.74) is 0.999. The molecule has 1 aromatic heterocycles. The number of benzene rings is 1. The van der Waals surface area contributed by atoms with Gasteiger partial charge in [-0.15, -0.1) is 12.4 Å². The van der Waals surface area contributed by atoms with Gasteiger partial charge in [-0.05, 0) is 70.3 Å². The molecule has 0 radical (unpaired) electrons. The molecule has 6 nitrogen and oxygen atoms in total. The lowest BCUT2D eigenvalue weighted by atomic mass is 9.91. The Morgan fingerprint density at radius 1 is 1.10 bits per heavy atom. The van der Waals surface area contributed by atoms with E-state index in [1.165, 1.54) is 0 Å². The number of anilines is 2. The van der Waals surface area contributed by atoms with Gasteiger partial charge in [0.05, 0.1) is 5.52 Å². The molecular weight excluding hydrogens is 416 g/mol. The maximum absolute atomic E-state index is 5.50. The predicted octanol–water partition coefficient (Wildman–Crippen LogP) is 4.49. The van der Waals surface area contributed by atoms with Gasteiger partial charge in [0.1, 0.15) is 5.82 Å². The van der Waals surface area contributed by atoms with Crippen LogP contribution in [0.2, 0.25) is 0 Å². The molecule has 0 bridgehead atoms. The number of para-hydroxylation sites is 1. The summed E-state index contributed by atoms with van der Waals surface area (Å²) >= 11 is 5.50. The number of nitrogens with one attached hydrogen (secondary N) is 3. The largest absolute Gasteiger partial charge is 0.362 e. The monoisotopic (exact) mass is 450 g/mol. The summed E-state index contributed by atoms with van der Waals surface area (Å²) in [5, 5.41) is 12.3. The molecule has 1 fully saturated rings. The number of fused-ring (bicyclic) bond motifs is 1. The summed E-state index contributed by atoms with van der Waals surface area (Å²) in [5.74, 6) is 1.66. The van der Waals surface area contributed by atoms with Crippen molar-refractivity contribution in [2.24, 2.45) is 0 Å². The maximum atomic E-state index is 5.50. The molecule has 8 heteroatoms.